The zero-order valence-electron chi connectivity index (χ0n) is 7.03. The van der Waals surface area contributed by atoms with Crippen LogP contribution in [0.3, 0.4) is 0 Å². The molecule has 2 rings (SSSR count). The van der Waals surface area contributed by atoms with E-state index in [1.54, 1.807) is 0 Å². The maximum Gasteiger partial charge on any atom is 0.290 e. The highest BCUT2D eigenvalue weighted by atomic mass is 19.3. The molecule has 14 heavy (non-hydrogen) atoms. The second-order valence-electron chi connectivity index (χ2n) is 3.61. The smallest absolute Gasteiger partial charge is 0.290 e. The highest BCUT2D eigenvalue weighted by Gasteiger charge is 2.65. The molecule has 0 radical (unpaired) electrons. The van der Waals surface area contributed by atoms with Crippen molar-refractivity contribution >= 4 is 5.71 Å². The molecule has 0 spiro atoms. The van der Waals surface area contributed by atoms with E-state index in [0.29, 0.717) is 0 Å². The Morgan fingerprint density at radius 3 is 2.43 bits per heavy atom. The van der Waals surface area contributed by atoms with E-state index in [0.717, 1.165) is 0 Å². The van der Waals surface area contributed by atoms with Gasteiger partial charge in [0.1, 0.15) is 5.71 Å². The highest BCUT2D eigenvalue weighted by Crippen LogP contribution is 2.61. The van der Waals surface area contributed by atoms with Gasteiger partial charge in [-0.05, 0) is 12.3 Å². The number of hydrogen-bond acceptors (Lipinski definition) is 2. The summed E-state index contributed by atoms with van der Waals surface area (Å²) in [7, 11) is 0. The molecule has 1 saturated carbocycles. The van der Waals surface area contributed by atoms with Crippen LogP contribution in [-0.2, 0) is 0 Å². The van der Waals surface area contributed by atoms with Crippen LogP contribution in [0.4, 0.5) is 17.6 Å². The first kappa shape index (κ1) is 9.48. The number of nitrogens with two attached hydrogens (primary N) is 1. The maximum atomic E-state index is 13.1. The van der Waals surface area contributed by atoms with Crippen molar-refractivity contribution in [3.05, 3.63) is 11.3 Å². The largest absolute Gasteiger partial charge is 0.397 e. The lowest BCUT2D eigenvalue weighted by molar-refractivity contribution is 0.0204. The van der Waals surface area contributed by atoms with Crippen LogP contribution in [0.1, 0.15) is 6.42 Å². The third kappa shape index (κ3) is 0.994. The van der Waals surface area contributed by atoms with Crippen molar-refractivity contribution in [2.45, 2.75) is 18.8 Å². The van der Waals surface area contributed by atoms with Crippen LogP contribution in [0.5, 0.6) is 0 Å². The molecule has 2 aliphatic rings. The molecule has 78 valence electrons. The minimum atomic E-state index is -3.19. The van der Waals surface area contributed by atoms with Gasteiger partial charge in [0, 0.05) is 11.5 Å². The third-order valence-corrected chi connectivity index (χ3v) is 2.78. The minimum absolute atomic E-state index is 0.165. The van der Waals surface area contributed by atoms with Crippen molar-refractivity contribution < 1.29 is 17.6 Å². The van der Waals surface area contributed by atoms with E-state index in [1.165, 1.54) is 0 Å². The van der Waals surface area contributed by atoms with Crippen molar-refractivity contribution in [2.24, 2.45) is 17.6 Å². The van der Waals surface area contributed by atoms with E-state index in [-0.39, 0.29) is 12.0 Å². The Kier molecular flexibility index (Phi) is 1.69. The molecule has 2 atom stereocenters. The molecule has 0 unspecified atom stereocenters. The van der Waals surface area contributed by atoms with Crippen LogP contribution in [0.25, 0.3) is 0 Å². The summed E-state index contributed by atoms with van der Waals surface area (Å²) in [5, 5.41) is 6.98. The molecule has 0 aromatic rings. The maximum absolute atomic E-state index is 13.1. The molecule has 0 heterocycles. The van der Waals surface area contributed by atoms with E-state index in [9.17, 15) is 17.6 Å². The summed E-state index contributed by atoms with van der Waals surface area (Å²) in [6, 6.07) is 0. The Morgan fingerprint density at radius 1 is 1.50 bits per heavy atom. The molecule has 6 heteroatoms. The van der Waals surface area contributed by atoms with Gasteiger partial charge in [-0.1, -0.05) is 0 Å². The molecule has 0 aromatic heterocycles. The molecule has 2 nitrogen and oxygen atoms in total. The topological polar surface area (TPSA) is 49.9 Å². The number of hydrogen-bond donors (Lipinski definition) is 2. The average Bonchev–Trinajstić information content (AvgIpc) is 2.80. The van der Waals surface area contributed by atoms with Gasteiger partial charge in [-0.25, -0.2) is 8.78 Å². The van der Waals surface area contributed by atoms with E-state index < -0.39 is 35.6 Å². The van der Waals surface area contributed by atoms with Crippen LogP contribution in [0, 0.1) is 17.2 Å². The lowest BCUT2D eigenvalue weighted by Crippen LogP contribution is -2.27. The lowest BCUT2D eigenvalue weighted by Gasteiger charge is -2.14. The van der Waals surface area contributed by atoms with Crippen LogP contribution in [0.2, 0.25) is 0 Å². The van der Waals surface area contributed by atoms with Crippen molar-refractivity contribution in [3.8, 4) is 0 Å². The number of fused-ring (bicyclic) bond motifs is 1. The van der Waals surface area contributed by atoms with Crippen LogP contribution < -0.4 is 5.73 Å². The van der Waals surface area contributed by atoms with Gasteiger partial charge < -0.3 is 5.73 Å². The van der Waals surface area contributed by atoms with Gasteiger partial charge in [-0.15, -0.1) is 0 Å². The molecule has 0 bridgehead atoms. The molecular weight excluding hydrogens is 200 g/mol. The molecule has 3 N–H and O–H groups in total. The Bertz CT molecular complexity index is 334. The summed E-state index contributed by atoms with van der Waals surface area (Å²) in [6.07, 6.45) is -2.86. The zero-order valence-corrected chi connectivity index (χ0v) is 7.03. The van der Waals surface area contributed by atoms with Crippen molar-refractivity contribution in [1.29, 1.82) is 5.41 Å². The number of allylic oxidation sites excluding steroid dienone is 2. The molecule has 0 aliphatic heterocycles. The second-order valence-corrected chi connectivity index (χ2v) is 3.61. The van der Waals surface area contributed by atoms with Gasteiger partial charge in [0.05, 0.1) is 5.70 Å². The second kappa shape index (κ2) is 2.49. The van der Waals surface area contributed by atoms with Gasteiger partial charge in [-0.2, -0.15) is 8.78 Å². The SMILES string of the molecule is N=C(C1=C(N)C(F)(F)[C@@H]2C[C@H]12)C(F)F. The van der Waals surface area contributed by atoms with Crippen molar-refractivity contribution in [3.63, 3.8) is 0 Å². The van der Waals surface area contributed by atoms with E-state index in [4.69, 9.17) is 11.1 Å². The lowest BCUT2D eigenvalue weighted by atomic mass is 10.1. The molecule has 0 amide bonds. The van der Waals surface area contributed by atoms with Gasteiger partial charge in [-0.3, -0.25) is 5.41 Å². The third-order valence-electron chi connectivity index (χ3n) is 2.78. The molecule has 2 aliphatic carbocycles. The van der Waals surface area contributed by atoms with E-state index >= 15 is 0 Å². The highest BCUT2D eigenvalue weighted by molar-refractivity contribution is 6.02. The summed E-state index contributed by atoms with van der Waals surface area (Å²) in [6.45, 7) is 0. The van der Waals surface area contributed by atoms with Gasteiger partial charge in [0.15, 0.2) is 0 Å². The van der Waals surface area contributed by atoms with E-state index in [1.807, 2.05) is 0 Å². The number of alkyl halides is 4. The zero-order chi connectivity index (χ0) is 10.7. The Labute approximate surface area is 77.3 Å². The number of nitrogens with one attached hydrogen (secondary N) is 1. The predicted molar refractivity (Wildman–Crippen MR) is 41.5 cm³/mol. The first-order valence-corrected chi connectivity index (χ1v) is 4.12. The van der Waals surface area contributed by atoms with Gasteiger partial charge in [0.25, 0.3) is 12.3 Å². The van der Waals surface area contributed by atoms with Crippen LogP contribution >= 0.6 is 0 Å². The monoisotopic (exact) mass is 208 g/mol. The van der Waals surface area contributed by atoms with E-state index in [2.05, 4.69) is 0 Å². The fraction of sp³-hybridized carbons (Fsp3) is 0.625. The first-order chi connectivity index (χ1) is 6.37. The molecule has 0 saturated heterocycles. The van der Waals surface area contributed by atoms with Gasteiger partial charge in [0.2, 0.25) is 0 Å². The fourth-order valence-corrected chi connectivity index (χ4v) is 1.96. The minimum Gasteiger partial charge on any atom is -0.397 e. The predicted octanol–water partition coefficient (Wildman–Crippen LogP) is 1.77. The first-order valence-electron chi connectivity index (χ1n) is 4.12. The Hall–Kier alpha value is -1.07. The Balaban J connectivity index is 2.36. The summed E-state index contributed by atoms with van der Waals surface area (Å²) in [5.41, 5.74) is 2.87. The van der Waals surface area contributed by atoms with Crippen molar-refractivity contribution in [1.82, 2.24) is 0 Å². The molecule has 0 aromatic carbocycles. The Morgan fingerprint density at radius 2 is 2.07 bits per heavy atom. The number of rotatable bonds is 2. The summed E-state index contributed by atoms with van der Waals surface area (Å²) >= 11 is 0. The van der Waals surface area contributed by atoms with Crippen molar-refractivity contribution in [2.75, 3.05) is 0 Å². The average molecular weight is 208 g/mol. The quantitative estimate of drug-likeness (QED) is 0.527. The standard InChI is InChI=1S/C8H8F4N2/c9-7(10)5(13)4-2-1-3(2)8(11,12)6(4)14/h2-3,7,13H,1,14H2/t2-,3+/m0/s1. The van der Waals surface area contributed by atoms with Gasteiger partial charge >= 0.3 is 0 Å². The summed E-state index contributed by atoms with van der Waals surface area (Å²) < 4.78 is 50.5. The molecule has 1 fully saturated rings. The fourth-order valence-electron chi connectivity index (χ4n) is 1.96. The normalized spacial score (nSPS) is 33.5. The van der Waals surface area contributed by atoms with Crippen LogP contribution in [-0.4, -0.2) is 18.1 Å². The molecular formula is C8H8F4N2. The van der Waals surface area contributed by atoms with Crippen LogP contribution in [0.15, 0.2) is 11.3 Å². The summed E-state index contributed by atoms with van der Waals surface area (Å²) in [5.74, 6) is -4.76. The summed E-state index contributed by atoms with van der Waals surface area (Å²) in [4.78, 5) is 0. The number of halogens is 4.